The van der Waals surface area contributed by atoms with Gasteiger partial charge in [-0.1, -0.05) is 0 Å². The molecule has 0 amide bonds. The van der Waals surface area contributed by atoms with Crippen molar-refractivity contribution in [2.45, 2.75) is 267 Å². The third-order valence-electron chi connectivity index (χ3n) is 22.2. The van der Waals surface area contributed by atoms with Crippen LogP contribution >= 0.6 is 0 Å². The molecule has 0 aromatic rings. The molecule has 1 N–H and O–H groups in total. The number of piperidine rings is 3. The number of morpholine rings is 1. The Hall–Kier alpha value is -0.820. The lowest BCUT2D eigenvalue weighted by atomic mass is 10.0. The molecule has 0 radical (unpaired) electrons. The molecule has 9 heterocycles. The zero-order valence-electron chi connectivity index (χ0n) is 66.4. The van der Waals surface area contributed by atoms with Crippen molar-refractivity contribution in [1.29, 1.82) is 0 Å². The molecule has 0 unspecified atom stereocenters. The van der Waals surface area contributed by atoms with E-state index < -0.39 is 5.92 Å². The SMILES string of the molecule is CC(C)N(C)C.CC(C)N1CCC(F)(F)CC1.CC(C)N1CCC(N2CCCC2)CC1.CC(C)N1CCC(N2CCOCC2)CC1.CC(C)N1CCN(C(C)C)CC1.CC(C)N1CCN(C2CC2)CC1.CC(C)N1CCN(CCO)CC1.COCCN1CCN(C(C)C)CC1. The van der Waals surface area contributed by atoms with Crippen molar-refractivity contribution < 1.29 is 23.4 Å². The number of β-amino-alcohol motifs (C(OH)–C–C–N with tert-alkyl or cyclic N) is 1. The number of nitrogens with zero attached hydrogens (tertiary/aromatic N) is 14. The number of piperazine rings is 4. The highest BCUT2D eigenvalue weighted by atomic mass is 19.3. The van der Waals surface area contributed by atoms with Crippen molar-refractivity contribution in [3.63, 3.8) is 0 Å². The van der Waals surface area contributed by atoms with Gasteiger partial charge in [0.1, 0.15) is 0 Å². The number of alkyl halides is 2. The molecule has 95 heavy (non-hydrogen) atoms. The molecule has 0 aromatic carbocycles. The molecule has 10 rings (SSSR count). The van der Waals surface area contributed by atoms with Gasteiger partial charge in [0.05, 0.1) is 26.4 Å². The Morgan fingerprint density at radius 3 is 0.926 bits per heavy atom. The highest BCUT2D eigenvalue weighted by molar-refractivity contribution is 4.89. The molecule has 10 fully saturated rings. The fraction of sp³-hybridized carbons (Fsp3) is 1.00. The summed E-state index contributed by atoms with van der Waals surface area (Å²) in [5.41, 5.74) is 0. The summed E-state index contributed by atoms with van der Waals surface area (Å²) in [5, 5.41) is 8.74. The van der Waals surface area contributed by atoms with E-state index in [9.17, 15) is 8.78 Å². The molecule has 1 aliphatic carbocycles. The lowest BCUT2D eigenvalue weighted by Crippen LogP contribution is -2.50. The quantitative estimate of drug-likeness (QED) is 0.150. The first kappa shape index (κ1) is 88.4. The molecule has 17 nitrogen and oxygen atoms in total. The molecule has 1 saturated carbocycles. The Balaban J connectivity index is 0.000000285. The van der Waals surface area contributed by atoms with Gasteiger partial charge in [-0.3, -0.25) is 44.1 Å². The van der Waals surface area contributed by atoms with Crippen LogP contribution in [0.15, 0.2) is 0 Å². The Labute approximate surface area is 587 Å². The molecular weight excluding hydrogens is 1190 g/mol. The van der Waals surface area contributed by atoms with E-state index in [4.69, 9.17) is 14.6 Å². The molecule has 10 aliphatic rings. The Bertz CT molecular complexity index is 1720. The van der Waals surface area contributed by atoms with Crippen LogP contribution in [0.3, 0.4) is 0 Å². The van der Waals surface area contributed by atoms with Crippen molar-refractivity contribution in [2.24, 2.45) is 0 Å². The molecule has 566 valence electrons. The third kappa shape index (κ3) is 37.3. The Morgan fingerprint density at radius 1 is 0.368 bits per heavy atom. The normalized spacial score (nSPS) is 24.2. The van der Waals surface area contributed by atoms with Gasteiger partial charge in [-0.05, 0) is 229 Å². The molecule has 9 saturated heterocycles. The van der Waals surface area contributed by atoms with Crippen molar-refractivity contribution in [1.82, 2.24) is 68.6 Å². The largest absolute Gasteiger partial charge is 0.395 e. The van der Waals surface area contributed by atoms with Crippen molar-refractivity contribution in [2.75, 3.05) is 231 Å². The van der Waals surface area contributed by atoms with Gasteiger partial charge in [0.25, 0.3) is 5.92 Å². The zero-order chi connectivity index (χ0) is 70.6. The topological polar surface area (TPSA) is 84.1 Å². The second-order valence-corrected chi connectivity index (χ2v) is 32.0. The van der Waals surface area contributed by atoms with Crippen molar-refractivity contribution in [3.05, 3.63) is 0 Å². The van der Waals surface area contributed by atoms with Crippen LogP contribution in [0.4, 0.5) is 8.78 Å². The lowest BCUT2D eigenvalue weighted by Gasteiger charge is -2.41. The molecule has 0 atom stereocenters. The van der Waals surface area contributed by atoms with Crippen LogP contribution in [0, 0.1) is 0 Å². The summed E-state index contributed by atoms with van der Waals surface area (Å²) in [6, 6.07) is 8.81. The van der Waals surface area contributed by atoms with E-state index in [-0.39, 0.29) is 12.8 Å². The number of ether oxygens (including phenoxy) is 2. The number of aliphatic hydroxyl groups is 1. The van der Waals surface area contributed by atoms with Gasteiger partial charge in [0.2, 0.25) is 0 Å². The van der Waals surface area contributed by atoms with Crippen LogP contribution < -0.4 is 0 Å². The maximum absolute atomic E-state index is 12.6. The van der Waals surface area contributed by atoms with Crippen LogP contribution in [-0.4, -0.2) is 383 Å². The van der Waals surface area contributed by atoms with Crippen LogP contribution in [-0.2, 0) is 9.47 Å². The molecule has 9 aliphatic heterocycles. The smallest absolute Gasteiger partial charge is 0.250 e. The number of likely N-dealkylation sites (tertiary alicyclic amines) is 4. The molecular formula is C76H160F2N14O3. The third-order valence-corrected chi connectivity index (χ3v) is 22.2. The number of hydrogen-bond donors (Lipinski definition) is 1. The second kappa shape index (κ2) is 49.0. The van der Waals surface area contributed by atoms with Gasteiger partial charge in [-0.25, -0.2) is 8.78 Å². The summed E-state index contributed by atoms with van der Waals surface area (Å²) in [7, 11) is 5.92. The van der Waals surface area contributed by atoms with Crippen LogP contribution in [0.25, 0.3) is 0 Å². The highest BCUT2D eigenvalue weighted by Gasteiger charge is 2.35. The Morgan fingerprint density at radius 2 is 0.632 bits per heavy atom. The van der Waals surface area contributed by atoms with Gasteiger partial charge in [0.15, 0.2) is 0 Å². The first-order valence-corrected chi connectivity index (χ1v) is 39.4. The van der Waals surface area contributed by atoms with Gasteiger partial charge >= 0.3 is 0 Å². The van der Waals surface area contributed by atoms with E-state index in [0.29, 0.717) is 43.9 Å². The van der Waals surface area contributed by atoms with Gasteiger partial charge in [-0.15, -0.1) is 0 Å². The molecule has 19 heteroatoms. The average molecular weight is 1360 g/mol. The minimum atomic E-state index is -2.40. The van der Waals surface area contributed by atoms with E-state index >= 15 is 0 Å². The summed E-state index contributed by atoms with van der Waals surface area (Å²) in [6.07, 6.45) is 11.3. The Kier molecular flexibility index (Phi) is 45.5. The van der Waals surface area contributed by atoms with E-state index in [1.54, 1.807) is 7.11 Å². The summed E-state index contributed by atoms with van der Waals surface area (Å²) in [5.74, 6) is -2.40. The number of halogens is 2. The van der Waals surface area contributed by atoms with Crippen LogP contribution in [0.5, 0.6) is 0 Å². The van der Waals surface area contributed by atoms with E-state index in [1.807, 2.05) is 13.8 Å². The summed E-state index contributed by atoms with van der Waals surface area (Å²) >= 11 is 0. The predicted molar refractivity (Wildman–Crippen MR) is 402 cm³/mol. The zero-order valence-corrected chi connectivity index (χ0v) is 66.4. The minimum absolute atomic E-state index is 0.0329. The number of aliphatic hydroxyl groups excluding tert-OH is 1. The van der Waals surface area contributed by atoms with Gasteiger partial charge in [-0.2, -0.15) is 0 Å². The second-order valence-electron chi connectivity index (χ2n) is 32.0. The van der Waals surface area contributed by atoms with Crippen molar-refractivity contribution in [3.8, 4) is 0 Å². The fourth-order valence-corrected chi connectivity index (χ4v) is 14.1. The molecule has 0 bridgehead atoms. The first-order chi connectivity index (χ1) is 45.0. The van der Waals surface area contributed by atoms with Gasteiger partial charge in [0, 0.05) is 236 Å². The van der Waals surface area contributed by atoms with E-state index in [1.165, 1.54) is 169 Å². The average Bonchev–Trinajstić information content (AvgIpc) is 1.84. The lowest BCUT2D eigenvalue weighted by molar-refractivity contribution is -0.0603. The molecule has 0 aromatic heterocycles. The monoisotopic (exact) mass is 1360 g/mol. The van der Waals surface area contributed by atoms with Crippen LogP contribution in [0.1, 0.15) is 189 Å². The first-order valence-electron chi connectivity index (χ1n) is 39.4. The van der Waals surface area contributed by atoms with E-state index in [2.05, 4.69) is 193 Å². The predicted octanol–water partition coefficient (Wildman–Crippen LogP) is 9.49. The number of methoxy groups -OCH3 is 1. The maximum Gasteiger partial charge on any atom is 0.250 e. The number of rotatable bonds is 17. The summed E-state index contributed by atoms with van der Waals surface area (Å²) in [6.45, 7) is 76.2. The summed E-state index contributed by atoms with van der Waals surface area (Å²) < 4.78 is 35.7. The highest BCUT2D eigenvalue weighted by Crippen LogP contribution is 2.29. The van der Waals surface area contributed by atoms with Gasteiger partial charge < -0.3 is 39.1 Å². The standard InChI is InChI=1S/C12H24N2O.C12H24N2.C10H22N2O.C10H20N2.C10H22N2.C9H20N2O.C8H15F2N.C5H13N/c1-11(2)13-5-3-12(4-6-13)14-7-9-15-10-8-14;1-11(2)13-9-5-12(6-10-13)14-7-3-4-8-14;1-10(2)12-6-4-11(5-7-12)8-9-13-3;1-9(2)11-5-7-12(8-6-11)10-3-4-10;1-9(2)11-5-7-12(8-6-11)10(3)4;1-9(2)11-5-3-10(4-6-11)7-8-12;1-7(2)11-5-3-8(9,10)4-6-11;1-5(2)6(3)4/h11-12H,3-10H2,1-2H3;11-12H,3-10H2,1-2H3;10H,4-9H2,1-3H3;9-10H,3-8H2,1-2H3;9-10H,5-8H2,1-4H3;9,12H,3-8H2,1-2H3;7H,3-6H2,1-2H3;5H,1-4H3. The molecule has 0 spiro atoms. The van der Waals surface area contributed by atoms with E-state index in [0.717, 1.165) is 121 Å². The number of hydrogen-bond acceptors (Lipinski definition) is 17. The minimum Gasteiger partial charge on any atom is -0.395 e. The maximum atomic E-state index is 12.6. The van der Waals surface area contributed by atoms with Crippen LogP contribution in [0.2, 0.25) is 0 Å². The fourth-order valence-electron chi connectivity index (χ4n) is 14.1. The summed E-state index contributed by atoms with van der Waals surface area (Å²) in [4.78, 5) is 35.0. The van der Waals surface area contributed by atoms with Crippen molar-refractivity contribution >= 4 is 0 Å².